The van der Waals surface area contributed by atoms with E-state index in [4.69, 9.17) is 9.78 Å². The van der Waals surface area contributed by atoms with Crippen LogP contribution in [0.25, 0.3) is 0 Å². The van der Waals surface area contributed by atoms with Crippen molar-refractivity contribution in [2.45, 2.75) is 60.0 Å². The van der Waals surface area contributed by atoms with Crippen LogP contribution in [0.2, 0.25) is 0 Å². The molecule has 1 aromatic rings. The molecule has 1 saturated carbocycles. The fourth-order valence-corrected chi connectivity index (χ4v) is 3.25. The van der Waals surface area contributed by atoms with Crippen molar-refractivity contribution < 1.29 is 14.6 Å². The molecule has 3 nitrogen and oxygen atoms in total. The first-order valence-corrected chi connectivity index (χ1v) is 8.33. The molecule has 0 spiro atoms. The number of benzene rings is 1. The quantitative estimate of drug-likeness (QED) is 0.589. The Hall–Kier alpha value is -1.35. The van der Waals surface area contributed by atoms with Crippen LogP contribution >= 0.6 is 0 Å². The summed E-state index contributed by atoms with van der Waals surface area (Å²) in [4.78, 5) is 22.9. The largest absolute Gasteiger partial charge is 0.373 e. The molecule has 1 aliphatic rings. The maximum atomic E-state index is 12.2. The number of carbonyl (C=O) groups excluding carboxylic acids is 1. The third-order valence-electron chi connectivity index (χ3n) is 4.95. The first-order chi connectivity index (χ1) is 10.4. The third-order valence-corrected chi connectivity index (χ3v) is 4.95. The zero-order valence-corrected chi connectivity index (χ0v) is 14.4. The average molecular weight is 304 g/mol. The van der Waals surface area contributed by atoms with Crippen LogP contribution in [0.1, 0.15) is 61.5 Å². The second kappa shape index (κ2) is 7.28. The maximum Gasteiger partial charge on any atom is 0.373 e. The number of hydrogen-bond acceptors (Lipinski definition) is 3. The lowest BCUT2D eigenvalue weighted by Gasteiger charge is -2.35. The Balaban J connectivity index is 1.97. The molecule has 1 fully saturated rings. The van der Waals surface area contributed by atoms with Gasteiger partial charge in [0.15, 0.2) is 0 Å². The highest BCUT2D eigenvalue weighted by Gasteiger charge is 2.33. The van der Waals surface area contributed by atoms with Crippen LogP contribution in [0.15, 0.2) is 18.2 Å². The number of carbonyl (C=O) groups is 1. The average Bonchev–Trinajstić information content (AvgIpc) is 2.47. The van der Waals surface area contributed by atoms with Crippen LogP contribution in [-0.4, -0.2) is 12.1 Å². The van der Waals surface area contributed by atoms with E-state index < -0.39 is 5.97 Å². The monoisotopic (exact) mass is 304 g/mol. The normalized spacial score (nSPS) is 25.3. The molecule has 0 N–H and O–H groups in total. The van der Waals surface area contributed by atoms with E-state index >= 15 is 0 Å². The molecule has 3 atom stereocenters. The van der Waals surface area contributed by atoms with E-state index in [1.807, 2.05) is 26.0 Å². The minimum absolute atomic E-state index is 0.0132. The van der Waals surface area contributed by atoms with Crippen LogP contribution < -0.4 is 0 Å². The fourth-order valence-electron chi connectivity index (χ4n) is 3.25. The summed E-state index contributed by atoms with van der Waals surface area (Å²) in [6, 6.07) is 5.58. The Bertz CT molecular complexity index is 521. The van der Waals surface area contributed by atoms with E-state index in [-0.39, 0.29) is 6.10 Å². The van der Waals surface area contributed by atoms with E-state index in [9.17, 15) is 4.79 Å². The van der Waals surface area contributed by atoms with Gasteiger partial charge in [-0.3, -0.25) is 4.89 Å². The van der Waals surface area contributed by atoms with Gasteiger partial charge in [-0.1, -0.05) is 33.3 Å². The first kappa shape index (κ1) is 17.0. The Morgan fingerprint density at radius 3 is 2.55 bits per heavy atom. The predicted molar refractivity (Wildman–Crippen MR) is 87.5 cm³/mol. The maximum absolute atomic E-state index is 12.2. The van der Waals surface area contributed by atoms with Crippen molar-refractivity contribution in [2.24, 2.45) is 17.8 Å². The lowest BCUT2D eigenvalue weighted by Crippen LogP contribution is -2.34. The summed E-state index contributed by atoms with van der Waals surface area (Å²) in [5, 5.41) is 0. The zero-order valence-electron chi connectivity index (χ0n) is 14.4. The Kier molecular flexibility index (Phi) is 5.63. The van der Waals surface area contributed by atoms with Crippen molar-refractivity contribution in [3.63, 3.8) is 0 Å². The van der Waals surface area contributed by atoms with Gasteiger partial charge in [0.05, 0.1) is 5.56 Å². The summed E-state index contributed by atoms with van der Waals surface area (Å²) in [5.74, 6) is 1.23. The summed E-state index contributed by atoms with van der Waals surface area (Å²) in [7, 11) is 0. The Morgan fingerprint density at radius 2 is 1.91 bits per heavy atom. The SMILES string of the molecule is Cc1ccc(C(=O)OOC2CC(C)CCC2C(C)C)cc1C. The summed E-state index contributed by atoms with van der Waals surface area (Å²) in [6.45, 7) is 10.7. The molecule has 1 aliphatic carbocycles. The van der Waals surface area contributed by atoms with Crippen molar-refractivity contribution in [3.05, 3.63) is 34.9 Å². The van der Waals surface area contributed by atoms with Gasteiger partial charge in [-0.25, -0.2) is 4.79 Å². The third kappa shape index (κ3) is 4.10. The molecule has 0 radical (unpaired) electrons. The highest BCUT2D eigenvalue weighted by molar-refractivity contribution is 5.89. The minimum atomic E-state index is -0.399. The van der Waals surface area contributed by atoms with Crippen molar-refractivity contribution in [3.8, 4) is 0 Å². The van der Waals surface area contributed by atoms with Gasteiger partial charge in [-0.05, 0) is 67.7 Å². The van der Waals surface area contributed by atoms with Gasteiger partial charge in [-0.15, -0.1) is 0 Å². The second-order valence-electron chi connectivity index (χ2n) is 7.13. The fraction of sp³-hybridized carbons (Fsp3) is 0.632. The van der Waals surface area contributed by atoms with Crippen molar-refractivity contribution >= 4 is 5.97 Å². The van der Waals surface area contributed by atoms with Gasteiger partial charge in [-0.2, -0.15) is 4.89 Å². The van der Waals surface area contributed by atoms with Crippen LogP contribution in [0, 0.1) is 31.6 Å². The standard InChI is InChI=1S/C19H28O3/c1-12(2)17-9-6-13(3)10-18(17)21-22-19(20)16-8-7-14(4)15(5)11-16/h7-8,11-13,17-18H,6,9-10H2,1-5H3. The molecule has 3 heteroatoms. The van der Waals surface area contributed by atoms with Gasteiger partial charge < -0.3 is 0 Å². The van der Waals surface area contributed by atoms with Gasteiger partial charge >= 0.3 is 5.97 Å². The lowest BCUT2D eigenvalue weighted by molar-refractivity contribution is -0.296. The number of hydrogen-bond donors (Lipinski definition) is 0. The van der Waals surface area contributed by atoms with Crippen molar-refractivity contribution in [2.75, 3.05) is 0 Å². The number of rotatable bonds is 4. The molecule has 0 aliphatic heterocycles. The molecular weight excluding hydrogens is 276 g/mol. The molecular formula is C19H28O3. The van der Waals surface area contributed by atoms with Crippen molar-refractivity contribution in [1.82, 2.24) is 0 Å². The lowest BCUT2D eigenvalue weighted by atomic mass is 9.75. The number of aryl methyl sites for hydroxylation is 2. The molecule has 3 unspecified atom stereocenters. The van der Waals surface area contributed by atoms with Gasteiger partial charge in [0.25, 0.3) is 0 Å². The Morgan fingerprint density at radius 1 is 1.18 bits per heavy atom. The Labute approximate surface area is 133 Å². The van der Waals surface area contributed by atoms with Gasteiger partial charge in [0.1, 0.15) is 6.10 Å². The summed E-state index contributed by atoms with van der Waals surface area (Å²) >= 11 is 0. The smallest absolute Gasteiger partial charge is 0.293 e. The van der Waals surface area contributed by atoms with Gasteiger partial charge in [0.2, 0.25) is 0 Å². The second-order valence-corrected chi connectivity index (χ2v) is 7.13. The molecule has 122 valence electrons. The van der Waals surface area contributed by atoms with E-state index in [1.165, 1.54) is 12.0 Å². The van der Waals surface area contributed by atoms with Crippen LogP contribution in [-0.2, 0) is 9.78 Å². The summed E-state index contributed by atoms with van der Waals surface area (Å²) in [5.41, 5.74) is 2.80. The van der Waals surface area contributed by atoms with E-state index in [0.717, 1.165) is 18.4 Å². The van der Waals surface area contributed by atoms with Crippen LogP contribution in [0.5, 0.6) is 0 Å². The molecule has 1 aromatic carbocycles. The molecule has 0 amide bonds. The highest BCUT2D eigenvalue weighted by atomic mass is 17.2. The van der Waals surface area contributed by atoms with Gasteiger partial charge in [0, 0.05) is 0 Å². The summed E-state index contributed by atoms with van der Waals surface area (Å²) < 4.78 is 0. The molecule has 0 heterocycles. The predicted octanol–water partition coefficient (Wildman–Crippen LogP) is 4.85. The first-order valence-electron chi connectivity index (χ1n) is 8.33. The minimum Gasteiger partial charge on any atom is -0.293 e. The molecule has 0 bridgehead atoms. The van der Waals surface area contributed by atoms with E-state index in [1.54, 1.807) is 6.07 Å². The molecule has 0 aromatic heterocycles. The summed E-state index contributed by atoms with van der Waals surface area (Å²) in [6.07, 6.45) is 3.35. The molecule has 0 saturated heterocycles. The van der Waals surface area contributed by atoms with Crippen LogP contribution in [0.4, 0.5) is 0 Å². The molecule has 2 rings (SSSR count). The zero-order chi connectivity index (χ0) is 16.3. The van der Waals surface area contributed by atoms with E-state index in [0.29, 0.717) is 23.3 Å². The molecule has 22 heavy (non-hydrogen) atoms. The van der Waals surface area contributed by atoms with Crippen molar-refractivity contribution in [1.29, 1.82) is 0 Å². The highest BCUT2D eigenvalue weighted by Crippen LogP contribution is 2.35. The topological polar surface area (TPSA) is 35.5 Å². The van der Waals surface area contributed by atoms with Crippen LogP contribution in [0.3, 0.4) is 0 Å². The van der Waals surface area contributed by atoms with E-state index in [2.05, 4.69) is 20.8 Å².